The first kappa shape index (κ1) is 43.9. The fourth-order valence-electron chi connectivity index (χ4n) is 10.4. The van der Waals surface area contributed by atoms with Crippen molar-refractivity contribution in [2.45, 2.75) is 128 Å². The molecule has 1 spiro atoms. The van der Waals surface area contributed by atoms with Crippen molar-refractivity contribution in [2.24, 2.45) is 22.7 Å². The van der Waals surface area contributed by atoms with E-state index in [2.05, 4.69) is 5.32 Å². The highest BCUT2D eigenvalue weighted by molar-refractivity contribution is 5.97. The Bertz CT molecular complexity index is 2170. The summed E-state index contributed by atoms with van der Waals surface area (Å²) in [6.45, 7) is 11.7. The molecule has 2 bridgehead atoms. The first-order chi connectivity index (χ1) is 28.5. The van der Waals surface area contributed by atoms with Gasteiger partial charge in [-0.2, -0.15) is 0 Å². The second-order valence-corrected chi connectivity index (χ2v) is 18.4. The van der Waals surface area contributed by atoms with Crippen LogP contribution in [0, 0.1) is 28.5 Å². The van der Waals surface area contributed by atoms with Crippen LogP contribution in [-0.2, 0) is 47.6 Å². The van der Waals surface area contributed by atoms with Gasteiger partial charge in [-0.05, 0) is 87.4 Å². The molecule has 61 heavy (non-hydrogen) atoms. The molecule has 1 aliphatic heterocycles. The van der Waals surface area contributed by atoms with Gasteiger partial charge in [0.25, 0.3) is 0 Å². The molecule has 0 aromatic heterocycles. The molecule has 11 atom stereocenters. The van der Waals surface area contributed by atoms with Gasteiger partial charge in [0.2, 0.25) is 0 Å². The number of esters is 4. The van der Waals surface area contributed by atoms with E-state index in [9.17, 15) is 38.6 Å². The first-order valence-electron chi connectivity index (χ1n) is 20.3. The highest BCUT2D eigenvalue weighted by Gasteiger charge is 2.84. The third-order valence-corrected chi connectivity index (χ3v) is 13.3. The number of carbonyl (C=O) groups excluding carboxylic acids is 6. The van der Waals surface area contributed by atoms with Crippen LogP contribution < -0.4 is 5.32 Å². The van der Waals surface area contributed by atoms with Gasteiger partial charge < -0.3 is 44.0 Å². The maximum absolute atomic E-state index is 15.4. The van der Waals surface area contributed by atoms with Crippen molar-refractivity contribution >= 4 is 35.8 Å². The van der Waals surface area contributed by atoms with Crippen LogP contribution in [0.4, 0.5) is 9.18 Å². The maximum atomic E-state index is 15.4. The number of aliphatic hydroxyl groups excluding tert-OH is 1. The number of Topliss-reactive ketones (excluding diaryl/α,β-unsaturated/α-hetero) is 1. The predicted molar refractivity (Wildman–Crippen MR) is 210 cm³/mol. The molecular formula is C45H52FNO14. The second-order valence-electron chi connectivity index (χ2n) is 18.4. The summed E-state index contributed by atoms with van der Waals surface area (Å²) >= 11 is 0. The van der Waals surface area contributed by atoms with Crippen molar-refractivity contribution in [3.8, 4) is 0 Å². The minimum atomic E-state index is -2.32. The van der Waals surface area contributed by atoms with Crippen LogP contribution >= 0.6 is 0 Å². The largest absolute Gasteiger partial charge is 0.456 e. The highest BCUT2D eigenvalue weighted by Crippen LogP contribution is 2.74. The van der Waals surface area contributed by atoms with Crippen LogP contribution in [0.1, 0.15) is 96.6 Å². The summed E-state index contributed by atoms with van der Waals surface area (Å²) in [5.41, 5.74) is -7.42. The number of alkyl carbamates (subject to hydrolysis) is 1. The van der Waals surface area contributed by atoms with Gasteiger partial charge in [0.05, 0.1) is 24.1 Å². The lowest BCUT2D eigenvalue weighted by Gasteiger charge is -2.64. The molecular weight excluding hydrogens is 797 g/mol. The van der Waals surface area contributed by atoms with Crippen molar-refractivity contribution in [1.82, 2.24) is 5.32 Å². The van der Waals surface area contributed by atoms with Gasteiger partial charge in [0, 0.05) is 31.1 Å². The van der Waals surface area contributed by atoms with Gasteiger partial charge in [-0.15, -0.1) is 0 Å². The van der Waals surface area contributed by atoms with E-state index in [1.165, 1.54) is 19.1 Å². The average Bonchev–Trinajstić information content (AvgIpc) is 3.90. The molecule has 2 aromatic carbocycles. The Balaban J connectivity index is 1.37. The molecule has 2 aromatic rings. The Morgan fingerprint density at radius 1 is 0.934 bits per heavy atom. The van der Waals surface area contributed by atoms with E-state index in [0.29, 0.717) is 5.56 Å². The molecule has 0 radical (unpaired) electrons. The van der Waals surface area contributed by atoms with E-state index >= 15 is 4.79 Å². The fourth-order valence-corrected chi connectivity index (χ4v) is 10.4. The van der Waals surface area contributed by atoms with E-state index in [0.717, 1.165) is 19.1 Å². The molecule has 1 heterocycles. The molecule has 328 valence electrons. The van der Waals surface area contributed by atoms with E-state index in [4.69, 9.17) is 28.4 Å². The molecule has 5 aliphatic rings. The minimum absolute atomic E-state index is 0.0788. The van der Waals surface area contributed by atoms with Crippen LogP contribution in [0.5, 0.6) is 0 Å². The SMILES string of the molecule is CC(=O)O[C@H]1C(=O)[C@]23C[C@H]2C[C@H]2OC[C@@]2(OC(C)=O)[C@H]3[C@H](OC(=O)c2ccc(F)cc2)[C@]2(O)C[C@H](OC(=O)[C@H](O)[C@@H](NC(=O)OC(C)(C)C)c3ccccc3)C(C)=C1C2(C)C. The van der Waals surface area contributed by atoms with Gasteiger partial charge in [-0.3, -0.25) is 14.4 Å². The van der Waals surface area contributed by atoms with E-state index < -0.39 is 124 Å². The highest BCUT2D eigenvalue weighted by atomic mass is 19.1. The fraction of sp³-hybridized carbons (Fsp3) is 0.556. The summed E-state index contributed by atoms with van der Waals surface area (Å²) in [6.07, 6.45) is -8.63. The molecule has 7 rings (SSSR count). The molecule has 4 fully saturated rings. The van der Waals surface area contributed by atoms with E-state index in [1.807, 2.05) is 0 Å². The predicted octanol–water partition coefficient (Wildman–Crippen LogP) is 4.61. The number of carbonyl (C=O) groups is 6. The monoisotopic (exact) mass is 849 g/mol. The normalized spacial score (nSPS) is 33.0. The number of halogens is 1. The van der Waals surface area contributed by atoms with Crippen molar-refractivity contribution in [3.05, 3.63) is 82.7 Å². The van der Waals surface area contributed by atoms with Crippen molar-refractivity contribution in [2.75, 3.05) is 6.61 Å². The first-order valence-corrected chi connectivity index (χ1v) is 20.3. The van der Waals surface area contributed by atoms with Crippen LogP contribution in [0.2, 0.25) is 0 Å². The summed E-state index contributed by atoms with van der Waals surface area (Å²) in [6, 6.07) is 11.2. The number of hydrogen-bond donors (Lipinski definition) is 3. The van der Waals surface area contributed by atoms with Crippen molar-refractivity contribution in [1.29, 1.82) is 0 Å². The number of rotatable bonds is 9. The molecule has 1 saturated heterocycles. The number of ether oxygens (including phenoxy) is 6. The zero-order valence-electron chi connectivity index (χ0n) is 35.3. The van der Waals surface area contributed by atoms with E-state index in [1.54, 1.807) is 71.9 Å². The van der Waals surface area contributed by atoms with Crippen molar-refractivity contribution < 1.29 is 71.8 Å². The van der Waals surface area contributed by atoms with Crippen molar-refractivity contribution in [3.63, 3.8) is 0 Å². The van der Waals surface area contributed by atoms with Crippen LogP contribution in [0.25, 0.3) is 0 Å². The summed E-state index contributed by atoms with van der Waals surface area (Å²) in [4.78, 5) is 82.8. The lowest BCUT2D eigenvalue weighted by Crippen LogP contribution is -2.78. The molecule has 15 nitrogen and oxygen atoms in total. The number of amides is 1. The van der Waals surface area contributed by atoms with Gasteiger partial charge in [0.1, 0.15) is 35.3 Å². The van der Waals surface area contributed by atoms with Gasteiger partial charge >= 0.3 is 30.0 Å². The smallest absolute Gasteiger partial charge is 0.408 e. The summed E-state index contributed by atoms with van der Waals surface area (Å²) in [5.74, 6) is -6.72. The molecule has 3 N–H and O–H groups in total. The molecule has 1 amide bonds. The number of fused-ring (bicyclic) bond motifs is 4. The van der Waals surface area contributed by atoms with Crippen LogP contribution in [-0.4, -0.2) is 99.9 Å². The summed E-state index contributed by atoms with van der Waals surface area (Å²) in [5, 5.41) is 27.9. The number of benzene rings is 2. The lowest BCUT2D eigenvalue weighted by atomic mass is 9.48. The lowest BCUT2D eigenvalue weighted by molar-refractivity contribution is -0.323. The number of nitrogens with one attached hydrogen (secondary N) is 1. The third-order valence-electron chi connectivity index (χ3n) is 13.3. The summed E-state index contributed by atoms with van der Waals surface area (Å²) < 4.78 is 49.9. The zero-order chi connectivity index (χ0) is 44.6. The molecule has 0 unspecified atom stereocenters. The number of aliphatic hydroxyl groups is 2. The topological polar surface area (TPSA) is 210 Å². The van der Waals surface area contributed by atoms with Gasteiger partial charge in [0.15, 0.2) is 23.6 Å². The van der Waals surface area contributed by atoms with Crippen LogP contribution in [0.3, 0.4) is 0 Å². The second kappa shape index (κ2) is 15.3. The average molecular weight is 850 g/mol. The maximum Gasteiger partial charge on any atom is 0.408 e. The number of hydrogen-bond acceptors (Lipinski definition) is 14. The Morgan fingerprint density at radius 3 is 2.16 bits per heavy atom. The standard InChI is InChI=1S/C45H52FNO14/c1-22-29(58-39(53)33(50)32(25-12-10-9-11-13-25)47-40(54)61-41(4,5)6)20-45(55)37(59-38(52)26-14-16-28(46)17-15-26)35-43(36(51)34(57-23(2)48)31(22)42(45,7)8)19-27(43)18-30-44(35,21-56-30)60-24(3)49/h9-17,27,29-30,32-35,37,50,55H,18-21H2,1-8H3,(H,47,54)/t27-,29+,30-,32+,33-,34-,35+,37+,43-,44+,45-/m1/s1. The molecule has 3 saturated carbocycles. The number of ketones is 1. The van der Waals surface area contributed by atoms with E-state index in [-0.39, 0.29) is 36.2 Å². The Morgan fingerprint density at radius 2 is 1.59 bits per heavy atom. The summed E-state index contributed by atoms with van der Waals surface area (Å²) in [7, 11) is 0. The Hall–Kier alpha value is -5.19. The van der Waals surface area contributed by atoms with Crippen LogP contribution in [0.15, 0.2) is 65.7 Å². The Kier molecular flexibility index (Phi) is 11.0. The molecule has 4 aliphatic carbocycles. The van der Waals surface area contributed by atoms with Gasteiger partial charge in [-0.25, -0.2) is 18.8 Å². The minimum Gasteiger partial charge on any atom is -0.456 e. The quantitative estimate of drug-likeness (QED) is 0.179. The Labute approximate surface area is 352 Å². The molecule has 16 heteroatoms. The van der Waals surface area contributed by atoms with Gasteiger partial charge in [-0.1, -0.05) is 44.2 Å². The third kappa shape index (κ3) is 7.39. The zero-order valence-corrected chi connectivity index (χ0v) is 35.3.